The lowest BCUT2D eigenvalue weighted by molar-refractivity contribution is 0.292. The first-order valence-electron chi connectivity index (χ1n) is 9.84. The number of guanidine groups is 1. The molecule has 25 heavy (non-hydrogen) atoms. The van der Waals surface area contributed by atoms with Crippen LogP contribution in [0.4, 0.5) is 0 Å². The predicted molar refractivity (Wildman–Crippen MR) is 107 cm³/mol. The summed E-state index contributed by atoms with van der Waals surface area (Å²) < 4.78 is 5.39. The molecule has 1 aromatic rings. The fourth-order valence-electron chi connectivity index (χ4n) is 2.65. The fourth-order valence-corrected chi connectivity index (χ4v) is 2.65. The van der Waals surface area contributed by atoms with Gasteiger partial charge < -0.3 is 20.0 Å². The van der Waals surface area contributed by atoms with Crippen LogP contribution >= 0.6 is 0 Å². The van der Waals surface area contributed by atoms with Crippen LogP contribution in [0.25, 0.3) is 0 Å². The highest BCUT2D eigenvalue weighted by Gasteiger charge is 2.07. The molecule has 0 spiro atoms. The Morgan fingerprint density at radius 2 is 2.00 bits per heavy atom. The number of aliphatic imine (C=N–C) groups is 1. The van der Waals surface area contributed by atoms with E-state index in [-0.39, 0.29) is 0 Å². The Labute approximate surface area is 154 Å². The molecule has 0 amide bonds. The Bertz CT molecular complexity index is 452. The molecule has 0 aromatic carbocycles. The van der Waals surface area contributed by atoms with E-state index in [0.717, 1.165) is 50.7 Å². The molecule has 0 aliphatic heterocycles. The maximum absolute atomic E-state index is 5.39. The lowest BCUT2D eigenvalue weighted by atomic mass is 10.2. The molecule has 1 atom stereocenters. The van der Waals surface area contributed by atoms with E-state index >= 15 is 0 Å². The molecule has 0 bridgehead atoms. The highest BCUT2D eigenvalue weighted by atomic mass is 16.3. The van der Waals surface area contributed by atoms with E-state index in [1.165, 1.54) is 13.0 Å². The molecule has 5 heteroatoms. The zero-order valence-corrected chi connectivity index (χ0v) is 16.8. The number of rotatable bonds is 12. The summed E-state index contributed by atoms with van der Waals surface area (Å²) in [5, 5.41) is 6.99. The molecule has 0 saturated carbocycles. The van der Waals surface area contributed by atoms with E-state index in [0.29, 0.717) is 12.0 Å². The predicted octanol–water partition coefficient (Wildman–Crippen LogP) is 3.52. The van der Waals surface area contributed by atoms with Crippen LogP contribution in [-0.4, -0.2) is 49.6 Å². The minimum Gasteiger partial charge on any atom is -0.469 e. The highest BCUT2D eigenvalue weighted by molar-refractivity contribution is 5.80. The Hall–Kier alpha value is -1.49. The third-order valence-electron chi connectivity index (χ3n) is 4.25. The Kier molecular flexibility index (Phi) is 11.0. The number of hydrogen-bond donors (Lipinski definition) is 2. The lowest BCUT2D eigenvalue weighted by Gasteiger charge is -2.21. The number of nitrogens with one attached hydrogen (secondary N) is 2. The van der Waals surface area contributed by atoms with Gasteiger partial charge in [-0.15, -0.1) is 0 Å². The Balaban J connectivity index is 2.39. The summed E-state index contributed by atoms with van der Waals surface area (Å²) in [6.07, 6.45) is 4.95. The van der Waals surface area contributed by atoms with Crippen LogP contribution in [0.5, 0.6) is 0 Å². The minimum absolute atomic E-state index is 0.414. The maximum Gasteiger partial charge on any atom is 0.191 e. The van der Waals surface area contributed by atoms with E-state index in [1.807, 2.05) is 12.1 Å². The van der Waals surface area contributed by atoms with Crippen molar-refractivity contribution in [3.05, 3.63) is 24.2 Å². The van der Waals surface area contributed by atoms with Gasteiger partial charge in [-0.25, -0.2) is 0 Å². The summed E-state index contributed by atoms with van der Waals surface area (Å²) >= 11 is 0. The van der Waals surface area contributed by atoms with Crippen molar-refractivity contribution in [2.45, 2.75) is 59.9 Å². The number of nitrogens with zero attached hydrogens (tertiary/aromatic N) is 2. The molecular weight excluding hydrogens is 312 g/mol. The second kappa shape index (κ2) is 12.8. The smallest absolute Gasteiger partial charge is 0.191 e. The first kappa shape index (κ1) is 21.6. The van der Waals surface area contributed by atoms with Crippen LogP contribution < -0.4 is 10.6 Å². The fraction of sp³-hybridized carbons (Fsp3) is 0.750. The monoisotopic (exact) mass is 350 g/mol. The van der Waals surface area contributed by atoms with Crippen molar-refractivity contribution in [3.63, 3.8) is 0 Å². The largest absolute Gasteiger partial charge is 0.469 e. The van der Waals surface area contributed by atoms with Gasteiger partial charge in [-0.05, 0) is 57.5 Å². The normalized spacial score (nSPS) is 13.5. The van der Waals surface area contributed by atoms with Crippen LogP contribution in [0.3, 0.4) is 0 Å². The molecule has 0 saturated heterocycles. The van der Waals surface area contributed by atoms with Crippen molar-refractivity contribution in [1.82, 2.24) is 15.5 Å². The third kappa shape index (κ3) is 10.2. The molecule has 1 unspecified atom stereocenters. The van der Waals surface area contributed by atoms with Gasteiger partial charge in [0, 0.05) is 25.6 Å². The molecule has 1 rings (SSSR count). The average Bonchev–Trinajstić information content (AvgIpc) is 3.09. The van der Waals surface area contributed by atoms with Gasteiger partial charge in [-0.3, -0.25) is 4.99 Å². The zero-order chi connectivity index (χ0) is 18.5. The average molecular weight is 351 g/mol. The molecular formula is C20H38N4O. The standard InChI is InChI=1S/C20H38N4O/c1-6-24(7-2)14-8-10-18(5)23-20(22-16-17(3)4)21-13-12-19-11-9-15-25-19/h9,11,15,17-18H,6-8,10,12-14,16H2,1-5H3,(H2,21,22,23). The SMILES string of the molecule is CCN(CC)CCCC(C)NC(=NCC(C)C)NCCc1ccco1. The Morgan fingerprint density at radius 1 is 1.24 bits per heavy atom. The molecule has 5 nitrogen and oxygen atoms in total. The molecule has 0 aliphatic carbocycles. The topological polar surface area (TPSA) is 52.8 Å². The van der Waals surface area contributed by atoms with Crippen LogP contribution in [0, 0.1) is 5.92 Å². The van der Waals surface area contributed by atoms with Crippen molar-refractivity contribution in [1.29, 1.82) is 0 Å². The summed E-state index contributed by atoms with van der Waals surface area (Å²) in [5.74, 6) is 2.47. The van der Waals surface area contributed by atoms with Crippen LogP contribution in [0.1, 0.15) is 53.2 Å². The molecule has 0 radical (unpaired) electrons. The van der Waals surface area contributed by atoms with Gasteiger partial charge in [0.15, 0.2) is 5.96 Å². The van der Waals surface area contributed by atoms with Crippen molar-refractivity contribution < 1.29 is 4.42 Å². The summed E-state index contributed by atoms with van der Waals surface area (Å²) in [5.41, 5.74) is 0. The zero-order valence-electron chi connectivity index (χ0n) is 16.8. The van der Waals surface area contributed by atoms with E-state index < -0.39 is 0 Å². The number of hydrogen-bond acceptors (Lipinski definition) is 3. The molecule has 2 N–H and O–H groups in total. The Morgan fingerprint density at radius 3 is 2.60 bits per heavy atom. The quantitative estimate of drug-likeness (QED) is 0.447. The first-order chi connectivity index (χ1) is 12.0. The van der Waals surface area contributed by atoms with Crippen LogP contribution in [0.2, 0.25) is 0 Å². The van der Waals surface area contributed by atoms with Crippen molar-refractivity contribution in [3.8, 4) is 0 Å². The van der Waals surface area contributed by atoms with Crippen molar-refractivity contribution in [2.75, 3.05) is 32.7 Å². The molecule has 1 aromatic heterocycles. The first-order valence-corrected chi connectivity index (χ1v) is 9.84. The van der Waals surface area contributed by atoms with Gasteiger partial charge in [0.1, 0.15) is 5.76 Å². The molecule has 1 heterocycles. The van der Waals surface area contributed by atoms with Crippen LogP contribution in [-0.2, 0) is 6.42 Å². The third-order valence-corrected chi connectivity index (χ3v) is 4.25. The van der Waals surface area contributed by atoms with Gasteiger partial charge in [0.2, 0.25) is 0 Å². The van der Waals surface area contributed by atoms with E-state index in [1.54, 1.807) is 6.26 Å². The van der Waals surface area contributed by atoms with Crippen molar-refractivity contribution in [2.24, 2.45) is 10.9 Å². The second-order valence-electron chi connectivity index (χ2n) is 7.05. The number of furan rings is 1. The van der Waals surface area contributed by atoms with E-state index in [4.69, 9.17) is 9.41 Å². The molecule has 0 aliphatic rings. The maximum atomic E-state index is 5.39. The summed E-state index contributed by atoms with van der Waals surface area (Å²) in [6, 6.07) is 4.35. The summed E-state index contributed by atoms with van der Waals surface area (Å²) in [7, 11) is 0. The van der Waals surface area contributed by atoms with Gasteiger partial charge in [0.05, 0.1) is 6.26 Å². The summed E-state index contributed by atoms with van der Waals surface area (Å²) in [4.78, 5) is 7.19. The van der Waals surface area contributed by atoms with Crippen LogP contribution in [0.15, 0.2) is 27.8 Å². The molecule has 144 valence electrons. The molecule has 0 fully saturated rings. The van der Waals surface area contributed by atoms with Gasteiger partial charge >= 0.3 is 0 Å². The highest BCUT2D eigenvalue weighted by Crippen LogP contribution is 2.01. The van der Waals surface area contributed by atoms with Gasteiger partial charge in [-0.1, -0.05) is 27.7 Å². The van der Waals surface area contributed by atoms with E-state index in [9.17, 15) is 0 Å². The van der Waals surface area contributed by atoms with E-state index in [2.05, 4.69) is 50.2 Å². The van der Waals surface area contributed by atoms with Crippen molar-refractivity contribution >= 4 is 5.96 Å². The lowest BCUT2D eigenvalue weighted by Crippen LogP contribution is -2.43. The van der Waals surface area contributed by atoms with Gasteiger partial charge in [0.25, 0.3) is 0 Å². The second-order valence-corrected chi connectivity index (χ2v) is 7.05. The summed E-state index contributed by atoms with van der Waals surface area (Å²) in [6.45, 7) is 16.2. The minimum atomic E-state index is 0.414. The van der Waals surface area contributed by atoms with Gasteiger partial charge in [-0.2, -0.15) is 0 Å².